The van der Waals surface area contributed by atoms with E-state index in [2.05, 4.69) is 5.32 Å². The Balaban J connectivity index is 1.69. The van der Waals surface area contributed by atoms with E-state index in [0.29, 0.717) is 17.7 Å². The van der Waals surface area contributed by atoms with Gasteiger partial charge < -0.3 is 15.2 Å². The highest BCUT2D eigenvalue weighted by Gasteiger charge is 2.28. The molecule has 0 bridgehead atoms. The number of aliphatic hydroxyl groups excluding tert-OH is 1. The highest BCUT2D eigenvalue weighted by molar-refractivity contribution is 5.80. The lowest BCUT2D eigenvalue weighted by Gasteiger charge is -2.26. The monoisotopic (exact) mass is 315 g/mol. The van der Waals surface area contributed by atoms with Crippen LogP contribution in [0.25, 0.3) is 0 Å². The molecule has 2 N–H and O–H groups in total. The van der Waals surface area contributed by atoms with Gasteiger partial charge in [0.05, 0.1) is 18.6 Å². The quantitative estimate of drug-likeness (QED) is 0.909. The van der Waals surface area contributed by atoms with E-state index in [0.717, 1.165) is 5.56 Å². The Morgan fingerprint density at radius 3 is 2.83 bits per heavy atom. The standard InChI is InChI=1S/C18H18FNO3/c19-15-6-7-17-13(9-15)8-14(11-23-17)18(22)20-16(10-21)12-4-2-1-3-5-12/h1-7,9,14,16,21H,8,10-11H2,(H,20,22). The lowest BCUT2D eigenvalue weighted by atomic mass is 9.95. The molecule has 0 fully saturated rings. The van der Waals surface area contributed by atoms with Crippen LogP contribution in [0.4, 0.5) is 4.39 Å². The maximum Gasteiger partial charge on any atom is 0.227 e. The summed E-state index contributed by atoms with van der Waals surface area (Å²) in [6.07, 6.45) is 0.422. The molecule has 0 saturated heterocycles. The second kappa shape index (κ2) is 6.79. The van der Waals surface area contributed by atoms with Crippen molar-refractivity contribution in [3.63, 3.8) is 0 Å². The van der Waals surface area contributed by atoms with Crippen LogP contribution in [0.15, 0.2) is 48.5 Å². The number of ether oxygens (including phenoxy) is 1. The summed E-state index contributed by atoms with van der Waals surface area (Å²) in [4.78, 5) is 12.4. The first-order chi connectivity index (χ1) is 11.2. The summed E-state index contributed by atoms with van der Waals surface area (Å²) in [5, 5.41) is 12.4. The highest BCUT2D eigenvalue weighted by Crippen LogP contribution is 2.28. The number of carbonyl (C=O) groups excluding carboxylic acids is 1. The molecule has 4 nitrogen and oxygen atoms in total. The first-order valence-corrected chi connectivity index (χ1v) is 7.55. The Labute approximate surface area is 133 Å². The van der Waals surface area contributed by atoms with E-state index >= 15 is 0 Å². The number of halogens is 1. The third-order valence-electron chi connectivity index (χ3n) is 4.00. The van der Waals surface area contributed by atoms with Gasteiger partial charge in [0, 0.05) is 0 Å². The van der Waals surface area contributed by atoms with Gasteiger partial charge in [-0.3, -0.25) is 4.79 Å². The largest absolute Gasteiger partial charge is 0.492 e. The maximum absolute atomic E-state index is 13.3. The van der Waals surface area contributed by atoms with Crippen LogP contribution in [-0.4, -0.2) is 24.2 Å². The maximum atomic E-state index is 13.3. The summed E-state index contributed by atoms with van der Waals surface area (Å²) in [6.45, 7) is 0.0615. The predicted molar refractivity (Wildman–Crippen MR) is 83.5 cm³/mol. The average molecular weight is 315 g/mol. The minimum atomic E-state index is -0.461. The molecule has 2 unspecified atom stereocenters. The molecule has 3 rings (SSSR count). The summed E-state index contributed by atoms with van der Waals surface area (Å²) in [5.74, 6) is -0.326. The van der Waals surface area contributed by atoms with Gasteiger partial charge in [-0.15, -0.1) is 0 Å². The van der Waals surface area contributed by atoms with Crippen molar-refractivity contribution < 1.29 is 19.0 Å². The molecular weight excluding hydrogens is 297 g/mol. The fourth-order valence-corrected chi connectivity index (χ4v) is 2.74. The molecule has 120 valence electrons. The van der Waals surface area contributed by atoms with Crippen molar-refractivity contribution in [2.45, 2.75) is 12.5 Å². The van der Waals surface area contributed by atoms with E-state index < -0.39 is 12.0 Å². The van der Waals surface area contributed by atoms with Crippen LogP contribution < -0.4 is 10.1 Å². The van der Waals surface area contributed by atoms with Crippen molar-refractivity contribution in [3.05, 3.63) is 65.5 Å². The third-order valence-corrected chi connectivity index (χ3v) is 4.00. The predicted octanol–water partition coefficient (Wildman–Crippen LogP) is 2.23. The molecule has 0 saturated carbocycles. The number of hydrogen-bond donors (Lipinski definition) is 2. The van der Waals surface area contributed by atoms with Gasteiger partial charge in [-0.05, 0) is 35.7 Å². The number of rotatable bonds is 4. The third kappa shape index (κ3) is 3.51. The molecular formula is C18H18FNO3. The first kappa shape index (κ1) is 15.5. The molecule has 23 heavy (non-hydrogen) atoms. The Morgan fingerprint density at radius 2 is 2.09 bits per heavy atom. The zero-order valence-corrected chi connectivity index (χ0v) is 12.5. The van der Waals surface area contributed by atoms with Gasteiger partial charge in [-0.25, -0.2) is 4.39 Å². The van der Waals surface area contributed by atoms with Crippen LogP contribution in [0.3, 0.4) is 0 Å². The molecule has 0 spiro atoms. The molecule has 5 heteroatoms. The fraction of sp³-hybridized carbons (Fsp3) is 0.278. The van der Waals surface area contributed by atoms with Gasteiger partial charge in [0.25, 0.3) is 0 Å². The molecule has 2 aromatic carbocycles. The Bertz CT molecular complexity index is 690. The van der Waals surface area contributed by atoms with Crippen molar-refractivity contribution in [2.75, 3.05) is 13.2 Å². The number of benzene rings is 2. The molecule has 1 aliphatic heterocycles. The number of nitrogens with one attached hydrogen (secondary N) is 1. The smallest absolute Gasteiger partial charge is 0.227 e. The number of aliphatic hydroxyl groups is 1. The minimum Gasteiger partial charge on any atom is -0.492 e. The lowest BCUT2D eigenvalue weighted by molar-refractivity contribution is -0.127. The van der Waals surface area contributed by atoms with Crippen LogP contribution in [0, 0.1) is 11.7 Å². The Morgan fingerprint density at radius 1 is 1.30 bits per heavy atom. The van der Waals surface area contributed by atoms with Crippen molar-refractivity contribution in [1.29, 1.82) is 0 Å². The SMILES string of the molecule is O=C(NC(CO)c1ccccc1)C1COc2ccc(F)cc2C1. The summed E-state index contributed by atoms with van der Waals surface area (Å²) < 4.78 is 18.9. The molecule has 0 aromatic heterocycles. The van der Waals surface area contributed by atoms with E-state index in [1.54, 1.807) is 6.07 Å². The second-order valence-corrected chi connectivity index (χ2v) is 5.62. The Hall–Kier alpha value is -2.40. The fourth-order valence-electron chi connectivity index (χ4n) is 2.74. The second-order valence-electron chi connectivity index (χ2n) is 5.62. The Kier molecular flexibility index (Phi) is 4.57. The topological polar surface area (TPSA) is 58.6 Å². The molecule has 2 atom stereocenters. The van der Waals surface area contributed by atoms with Crippen LogP contribution in [0.2, 0.25) is 0 Å². The van der Waals surface area contributed by atoms with E-state index in [4.69, 9.17) is 4.74 Å². The zero-order chi connectivity index (χ0) is 16.2. The molecule has 1 heterocycles. The van der Waals surface area contributed by atoms with Crippen molar-refractivity contribution in [1.82, 2.24) is 5.32 Å². The van der Waals surface area contributed by atoms with Crippen LogP contribution >= 0.6 is 0 Å². The van der Waals surface area contributed by atoms with Gasteiger partial charge in [0.2, 0.25) is 5.91 Å². The van der Waals surface area contributed by atoms with E-state index in [9.17, 15) is 14.3 Å². The van der Waals surface area contributed by atoms with Crippen molar-refractivity contribution >= 4 is 5.91 Å². The summed E-state index contributed by atoms with van der Waals surface area (Å²) >= 11 is 0. The van der Waals surface area contributed by atoms with E-state index in [1.807, 2.05) is 30.3 Å². The first-order valence-electron chi connectivity index (χ1n) is 7.55. The number of carbonyl (C=O) groups is 1. The van der Waals surface area contributed by atoms with Gasteiger partial charge in [0.1, 0.15) is 18.2 Å². The number of hydrogen-bond acceptors (Lipinski definition) is 3. The van der Waals surface area contributed by atoms with Crippen LogP contribution in [-0.2, 0) is 11.2 Å². The highest BCUT2D eigenvalue weighted by atomic mass is 19.1. The molecule has 0 radical (unpaired) electrons. The van der Waals surface area contributed by atoms with Crippen LogP contribution in [0.1, 0.15) is 17.2 Å². The van der Waals surface area contributed by atoms with Crippen molar-refractivity contribution in [2.24, 2.45) is 5.92 Å². The lowest BCUT2D eigenvalue weighted by Crippen LogP contribution is -2.40. The van der Waals surface area contributed by atoms with E-state index in [-0.39, 0.29) is 24.9 Å². The molecule has 1 amide bonds. The normalized spacial score (nSPS) is 17.7. The van der Waals surface area contributed by atoms with Crippen molar-refractivity contribution in [3.8, 4) is 5.75 Å². The van der Waals surface area contributed by atoms with Crippen LogP contribution in [0.5, 0.6) is 5.75 Å². The van der Waals surface area contributed by atoms with E-state index in [1.165, 1.54) is 12.1 Å². The van der Waals surface area contributed by atoms with Gasteiger partial charge in [-0.1, -0.05) is 30.3 Å². The summed E-state index contributed by atoms with van der Waals surface area (Å²) in [5.41, 5.74) is 1.53. The summed E-state index contributed by atoms with van der Waals surface area (Å²) in [6, 6.07) is 13.1. The molecule has 2 aromatic rings. The van der Waals surface area contributed by atoms with Gasteiger partial charge in [-0.2, -0.15) is 0 Å². The molecule has 1 aliphatic rings. The minimum absolute atomic E-state index is 0.186. The van der Waals surface area contributed by atoms with Gasteiger partial charge in [0.15, 0.2) is 0 Å². The summed E-state index contributed by atoms with van der Waals surface area (Å²) in [7, 11) is 0. The number of fused-ring (bicyclic) bond motifs is 1. The average Bonchev–Trinajstić information content (AvgIpc) is 2.59. The zero-order valence-electron chi connectivity index (χ0n) is 12.5. The number of amides is 1. The molecule has 0 aliphatic carbocycles. The van der Waals surface area contributed by atoms with Gasteiger partial charge >= 0.3 is 0 Å².